The van der Waals surface area contributed by atoms with Crippen molar-refractivity contribution >= 4 is 49.0 Å². The Bertz CT molecular complexity index is 2540. The molecule has 680 valence electrons. The number of ether oxygens (including phenoxy) is 12. The molecule has 17 N–H and O–H groups in total. The molecule has 0 aromatic heterocycles. The number of carbonyl (C=O) groups is 3. The van der Waals surface area contributed by atoms with Crippen LogP contribution in [0.3, 0.4) is 0 Å². The zero-order valence-electron chi connectivity index (χ0n) is 66.2. The van der Waals surface area contributed by atoms with Crippen LogP contribution >= 0.6 is 31.3 Å². The highest BCUT2D eigenvalue weighted by Gasteiger charge is 2.48. The number of phosphoric acid groups is 4. The van der Waals surface area contributed by atoms with Gasteiger partial charge in [-0.2, -0.15) is 0 Å². The molecule has 0 aliphatic carbocycles. The summed E-state index contributed by atoms with van der Waals surface area (Å²) >= 11 is 0. The lowest BCUT2D eigenvalue weighted by molar-refractivity contribution is -0.270. The third-order valence-corrected chi connectivity index (χ3v) is 21.6. The van der Waals surface area contributed by atoms with Crippen molar-refractivity contribution in [1.29, 1.82) is 0 Å². The number of phosphoric ester groups is 4. The van der Waals surface area contributed by atoms with Crippen molar-refractivity contribution in [2.24, 2.45) is 11.3 Å². The highest BCUT2D eigenvalue weighted by molar-refractivity contribution is 7.48. The maximum Gasteiger partial charge on any atom is 0.472 e. The van der Waals surface area contributed by atoms with Crippen LogP contribution in [0.5, 0.6) is 0 Å². The second kappa shape index (κ2) is 60.5. The van der Waals surface area contributed by atoms with Crippen LogP contribution in [0.25, 0.3) is 0 Å². The molecule has 0 bridgehead atoms. The minimum absolute atomic E-state index is 0.0130. The molecular formula is C67H131N3O41P4. The maximum atomic E-state index is 13.5. The van der Waals surface area contributed by atoms with Gasteiger partial charge in [0.15, 0.2) is 18.9 Å². The summed E-state index contributed by atoms with van der Waals surface area (Å²) in [5, 5.41) is 108. The normalized spacial score (nSPS) is 26.9. The van der Waals surface area contributed by atoms with Crippen molar-refractivity contribution in [3.05, 3.63) is 0 Å². The summed E-state index contributed by atoms with van der Waals surface area (Å²) in [6.07, 6.45) is -9.56. The van der Waals surface area contributed by atoms with E-state index in [9.17, 15) is 103 Å². The molecule has 0 saturated carbocycles. The molecular weight excluding hydrogens is 1630 g/mol. The van der Waals surface area contributed by atoms with E-state index >= 15 is 0 Å². The van der Waals surface area contributed by atoms with Gasteiger partial charge in [-0.15, -0.1) is 0 Å². The number of aliphatic hydroxyl groups is 10. The number of carbonyl (C=O) groups excluding carboxylic acids is 3. The average molecular weight is 1760 g/mol. The summed E-state index contributed by atoms with van der Waals surface area (Å²) in [5.41, 5.74) is -1.52. The van der Waals surface area contributed by atoms with Gasteiger partial charge in [-0.1, -0.05) is 38.5 Å². The van der Waals surface area contributed by atoms with Crippen molar-refractivity contribution in [3.8, 4) is 0 Å². The van der Waals surface area contributed by atoms with Crippen molar-refractivity contribution in [1.82, 2.24) is 16.0 Å². The first kappa shape index (κ1) is 107. The zero-order chi connectivity index (χ0) is 85.1. The number of methoxy groups -OCH3 is 1. The van der Waals surface area contributed by atoms with Crippen molar-refractivity contribution in [2.75, 3.05) is 179 Å². The summed E-state index contributed by atoms with van der Waals surface area (Å²) in [6, 6.07) is -3.32. The lowest BCUT2D eigenvalue weighted by Gasteiger charge is -2.42. The number of unbranched alkanes of at least 4 members (excludes halogenated alkanes) is 9. The van der Waals surface area contributed by atoms with Gasteiger partial charge in [0.25, 0.3) is 0 Å². The van der Waals surface area contributed by atoms with Gasteiger partial charge in [-0.3, -0.25) is 50.6 Å². The van der Waals surface area contributed by atoms with Crippen molar-refractivity contribution < 1.29 is 196 Å². The Morgan fingerprint density at radius 3 is 0.852 bits per heavy atom. The summed E-state index contributed by atoms with van der Waals surface area (Å²) in [6.45, 7) is -0.984. The molecule has 0 aromatic carbocycles. The number of aliphatic hydroxyl groups excluding tert-OH is 10. The Kier molecular flexibility index (Phi) is 56.4. The van der Waals surface area contributed by atoms with Gasteiger partial charge in [-0.05, 0) is 70.6 Å². The van der Waals surface area contributed by atoms with E-state index in [-0.39, 0.29) is 164 Å². The lowest BCUT2D eigenvalue weighted by atomic mass is 9.92. The fourth-order valence-corrected chi connectivity index (χ4v) is 14.7. The predicted molar refractivity (Wildman–Crippen MR) is 398 cm³/mol. The van der Waals surface area contributed by atoms with Crippen LogP contribution in [0.15, 0.2) is 0 Å². The van der Waals surface area contributed by atoms with Gasteiger partial charge in [0.1, 0.15) is 73.1 Å². The van der Waals surface area contributed by atoms with Crippen LogP contribution in [0.2, 0.25) is 0 Å². The molecule has 3 amide bonds. The number of rotatable bonds is 71. The minimum Gasteiger partial charge on any atom is -0.396 e. The first-order valence-corrected chi connectivity index (χ1v) is 44.8. The largest absolute Gasteiger partial charge is 0.472 e. The van der Waals surface area contributed by atoms with Crippen LogP contribution in [-0.2, 0) is 126 Å². The monoisotopic (exact) mass is 1760 g/mol. The first-order chi connectivity index (χ1) is 54.8. The highest BCUT2D eigenvalue weighted by Crippen LogP contribution is 2.47. The minimum atomic E-state index is -4.91. The topological polar surface area (TPSA) is 623 Å². The SMILES string of the molecule is COCCCOCC(CO)COCCCOP(=O)(O)OCC(COCCCOP(=O)(O)OCCCCCCOC1OC(CO)C(O)C(O)C1NC(C)=O)(COCCCOP(=O)(O)OCCCCCCOC1OC(CO)C(O)C(O)C1NC(C)=O)COCCCOP(=O)(O)OCCCCCCOC1OC(CO)C(O)C(O)C1NC(C)=O. The summed E-state index contributed by atoms with van der Waals surface area (Å²) in [5.74, 6) is -1.87. The Balaban J connectivity index is 1.63. The van der Waals surface area contributed by atoms with Crippen LogP contribution in [0.4, 0.5) is 0 Å². The second-order valence-electron chi connectivity index (χ2n) is 27.8. The summed E-state index contributed by atoms with van der Waals surface area (Å²) < 4.78 is 162. The molecule has 0 radical (unpaired) electrons. The molecule has 48 heteroatoms. The summed E-state index contributed by atoms with van der Waals surface area (Å²) in [7, 11) is -17.1. The molecule has 20 atom stereocenters. The number of hydrogen-bond donors (Lipinski definition) is 17. The molecule has 3 aliphatic rings. The Labute approximate surface area is 671 Å². The van der Waals surface area contributed by atoms with Gasteiger partial charge in [-0.25, -0.2) is 18.3 Å². The Morgan fingerprint density at radius 2 is 0.591 bits per heavy atom. The van der Waals surface area contributed by atoms with Gasteiger partial charge >= 0.3 is 31.3 Å². The number of nitrogens with one attached hydrogen (secondary N) is 3. The van der Waals surface area contributed by atoms with E-state index < -0.39 is 173 Å². The molecule has 20 unspecified atom stereocenters. The third-order valence-electron chi connectivity index (χ3n) is 17.6. The average Bonchev–Trinajstić information content (AvgIpc) is 0.816. The van der Waals surface area contributed by atoms with Crippen LogP contribution < -0.4 is 16.0 Å². The molecule has 44 nitrogen and oxygen atoms in total. The van der Waals surface area contributed by atoms with Gasteiger partial charge in [0.05, 0.1) is 118 Å². The zero-order valence-corrected chi connectivity index (χ0v) is 69.8. The second-order valence-corrected chi connectivity index (χ2v) is 33.6. The Hall–Kier alpha value is -2.03. The van der Waals surface area contributed by atoms with Crippen LogP contribution in [0, 0.1) is 11.3 Å². The molecule has 3 rings (SSSR count). The van der Waals surface area contributed by atoms with Crippen LogP contribution in [-0.4, -0.2) is 359 Å². The van der Waals surface area contributed by atoms with E-state index in [1.807, 2.05) is 0 Å². The molecule has 0 aromatic rings. The van der Waals surface area contributed by atoms with Crippen LogP contribution in [0.1, 0.15) is 130 Å². The standard InChI is InChI=1S/C67H131N3O41P4/c1-48(75)68-55-61(81)58(78)52(39-72)109-64(55)98-28-11-5-8-14-31-101-112(84,85)104-35-19-25-95-44-67(47-108-115(90,91)107-34-18-24-94-43-51(38-71)42-93-23-17-22-92-4,45-96-26-20-36-105-113(86,87)102-32-15-9-6-12-29-99-65-56(69-49(2)76)62(82)59(79)53(40-73)110-65)46-97-27-21-37-106-114(88,89)103-33-16-10-7-13-30-100-66-57(70-50(3)77)63(83)60(80)54(41-74)111-66/h51-66,71-74,78-83H,5-47H2,1-4H3,(H,68,75)(H,69,76)(H,70,77)(H,84,85)(H,86,87)(H,88,89)(H,90,91). The van der Waals surface area contributed by atoms with E-state index in [0.717, 1.165) is 0 Å². The molecule has 3 fully saturated rings. The van der Waals surface area contributed by atoms with E-state index in [4.69, 9.17) is 93.0 Å². The van der Waals surface area contributed by atoms with E-state index in [2.05, 4.69) is 16.0 Å². The first-order valence-electron chi connectivity index (χ1n) is 38.8. The Morgan fingerprint density at radius 1 is 0.339 bits per heavy atom. The molecule has 3 saturated heterocycles. The van der Waals surface area contributed by atoms with Gasteiger partial charge in [0, 0.05) is 93.3 Å². The van der Waals surface area contributed by atoms with E-state index in [1.165, 1.54) is 20.8 Å². The van der Waals surface area contributed by atoms with Gasteiger partial charge < -0.3 is 143 Å². The van der Waals surface area contributed by atoms with Gasteiger partial charge in [0.2, 0.25) is 17.7 Å². The molecule has 0 spiro atoms. The maximum absolute atomic E-state index is 13.5. The number of amides is 3. The van der Waals surface area contributed by atoms with E-state index in [1.54, 1.807) is 7.11 Å². The predicted octanol–water partition coefficient (Wildman–Crippen LogP) is -0.642. The molecule has 3 aliphatic heterocycles. The lowest BCUT2D eigenvalue weighted by Crippen LogP contribution is -2.64. The van der Waals surface area contributed by atoms with Crippen molar-refractivity contribution in [2.45, 2.75) is 222 Å². The fraction of sp³-hybridized carbons (Fsp3) is 0.955. The van der Waals surface area contributed by atoms with E-state index in [0.29, 0.717) is 96.7 Å². The summed E-state index contributed by atoms with van der Waals surface area (Å²) in [4.78, 5) is 77.7. The quantitative estimate of drug-likeness (QED) is 0.0266. The highest BCUT2D eigenvalue weighted by atomic mass is 31.2. The smallest absolute Gasteiger partial charge is 0.396 e. The molecule has 115 heavy (non-hydrogen) atoms. The third kappa shape index (κ3) is 46.3. The fourth-order valence-electron chi connectivity index (χ4n) is 11.5. The van der Waals surface area contributed by atoms with Crippen molar-refractivity contribution in [3.63, 3.8) is 0 Å². The number of hydrogen-bond acceptors (Lipinski definition) is 37. The molecule has 3 heterocycles.